The van der Waals surface area contributed by atoms with E-state index in [1.165, 1.54) is 49.8 Å². The first kappa shape index (κ1) is 13.6. The van der Waals surface area contributed by atoms with Crippen molar-refractivity contribution >= 4 is 0 Å². The lowest BCUT2D eigenvalue weighted by Gasteiger charge is -2.27. The molecule has 1 nitrogen and oxygen atoms in total. The molecule has 0 unspecified atom stereocenters. The monoisotopic (exact) mass is 245 g/mol. The van der Waals surface area contributed by atoms with Crippen LogP contribution in [0.5, 0.6) is 0 Å². The lowest BCUT2D eigenvalue weighted by molar-refractivity contribution is 0.262. The summed E-state index contributed by atoms with van der Waals surface area (Å²) in [5.41, 5.74) is 2.77. The van der Waals surface area contributed by atoms with Gasteiger partial charge >= 0.3 is 0 Å². The van der Waals surface area contributed by atoms with Gasteiger partial charge in [-0.25, -0.2) is 0 Å². The van der Waals surface area contributed by atoms with E-state index in [-0.39, 0.29) is 0 Å². The van der Waals surface area contributed by atoms with Gasteiger partial charge in [-0.2, -0.15) is 0 Å². The Balaban J connectivity index is 1.67. The molecule has 1 aliphatic rings. The highest BCUT2D eigenvalue weighted by atomic mass is 14.9. The highest BCUT2D eigenvalue weighted by Crippen LogP contribution is 2.30. The van der Waals surface area contributed by atoms with Crippen LogP contribution in [0.25, 0.3) is 0 Å². The van der Waals surface area contributed by atoms with E-state index in [1.54, 1.807) is 0 Å². The molecule has 0 spiro atoms. The Kier molecular flexibility index (Phi) is 5.25. The van der Waals surface area contributed by atoms with Crippen LogP contribution in [0.3, 0.4) is 0 Å². The van der Waals surface area contributed by atoms with E-state index in [1.807, 2.05) is 0 Å². The van der Waals surface area contributed by atoms with Crippen molar-refractivity contribution in [3.63, 3.8) is 0 Å². The van der Waals surface area contributed by atoms with E-state index in [9.17, 15) is 0 Å². The van der Waals surface area contributed by atoms with Gasteiger partial charge in [0.25, 0.3) is 0 Å². The highest BCUT2D eigenvalue weighted by molar-refractivity contribution is 5.21. The number of benzene rings is 1. The van der Waals surface area contributed by atoms with E-state index in [0.29, 0.717) is 0 Å². The van der Waals surface area contributed by atoms with Gasteiger partial charge in [-0.15, -0.1) is 0 Å². The molecule has 1 aliphatic carbocycles. The van der Waals surface area contributed by atoms with Crippen molar-refractivity contribution < 1.29 is 0 Å². The summed E-state index contributed by atoms with van der Waals surface area (Å²) in [5, 5.41) is 3.63. The SMILES string of the molecule is CCC1CCC(CNCc2cccc(C)c2)CC1. The first-order chi connectivity index (χ1) is 8.78. The maximum Gasteiger partial charge on any atom is 0.0205 e. The molecule has 0 atom stereocenters. The molecule has 1 N–H and O–H groups in total. The number of aryl methyl sites for hydroxylation is 1. The normalized spacial score (nSPS) is 24.1. The maximum atomic E-state index is 3.63. The molecule has 0 saturated heterocycles. The van der Waals surface area contributed by atoms with Crippen LogP contribution in [0.2, 0.25) is 0 Å². The molecule has 1 aromatic carbocycles. The van der Waals surface area contributed by atoms with Gasteiger partial charge in [-0.05, 0) is 43.7 Å². The summed E-state index contributed by atoms with van der Waals surface area (Å²) in [6.45, 7) is 6.72. The van der Waals surface area contributed by atoms with Crippen LogP contribution >= 0.6 is 0 Å². The Labute approximate surface area is 112 Å². The average molecular weight is 245 g/mol. The summed E-state index contributed by atoms with van der Waals surface area (Å²) < 4.78 is 0. The van der Waals surface area contributed by atoms with Crippen LogP contribution in [-0.2, 0) is 6.54 Å². The molecule has 100 valence electrons. The van der Waals surface area contributed by atoms with Crippen molar-refractivity contribution in [2.45, 2.75) is 52.5 Å². The minimum absolute atomic E-state index is 0.914. The third-order valence-corrected chi connectivity index (χ3v) is 4.39. The van der Waals surface area contributed by atoms with Gasteiger partial charge in [0.1, 0.15) is 0 Å². The molecule has 0 heterocycles. The number of hydrogen-bond donors (Lipinski definition) is 1. The Bertz CT molecular complexity index is 350. The number of nitrogens with one attached hydrogen (secondary N) is 1. The Morgan fingerprint density at radius 2 is 1.83 bits per heavy atom. The fraction of sp³-hybridized carbons (Fsp3) is 0.647. The Morgan fingerprint density at radius 3 is 2.50 bits per heavy atom. The summed E-state index contributed by atoms with van der Waals surface area (Å²) in [6, 6.07) is 8.81. The molecule has 0 radical (unpaired) electrons. The van der Waals surface area contributed by atoms with Crippen LogP contribution in [0.15, 0.2) is 24.3 Å². The zero-order chi connectivity index (χ0) is 12.8. The molecule has 0 bridgehead atoms. The highest BCUT2D eigenvalue weighted by Gasteiger charge is 2.19. The van der Waals surface area contributed by atoms with Gasteiger partial charge in [0.15, 0.2) is 0 Å². The topological polar surface area (TPSA) is 12.0 Å². The second kappa shape index (κ2) is 6.94. The summed E-state index contributed by atoms with van der Waals surface area (Å²) in [4.78, 5) is 0. The number of hydrogen-bond acceptors (Lipinski definition) is 1. The third-order valence-electron chi connectivity index (χ3n) is 4.39. The minimum Gasteiger partial charge on any atom is -0.312 e. The van der Waals surface area contributed by atoms with E-state index < -0.39 is 0 Å². The molecule has 1 heteroatoms. The summed E-state index contributed by atoms with van der Waals surface area (Å²) in [5.74, 6) is 1.93. The van der Waals surface area contributed by atoms with E-state index >= 15 is 0 Å². The van der Waals surface area contributed by atoms with Crippen LogP contribution in [0.1, 0.15) is 50.2 Å². The molecule has 1 fully saturated rings. The van der Waals surface area contributed by atoms with Crippen LogP contribution in [0.4, 0.5) is 0 Å². The van der Waals surface area contributed by atoms with E-state index in [2.05, 4.69) is 43.4 Å². The van der Waals surface area contributed by atoms with Crippen LogP contribution in [-0.4, -0.2) is 6.54 Å². The van der Waals surface area contributed by atoms with Crippen molar-refractivity contribution in [3.8, 4) is 0 Å². The number of rotatable bonds is 5. The zero-order valence-corrected chi connectivity index (χ0v) is 11.9. The third kappa shape index (κ3) is 4.13. The molecule has 2 rings (SSSR count). The fourth-order valence-electron chi connectivity index (χ4n) is 3.09. The summed E-state index contributed by atoms with van der Waals surface area (Å²) >= 11 is 0. The molecule has 0 aliphatic heterocycles. The average Bonchev–Trinajstić information content (AvgIpc) is 2.40. The van der Waals surface area contributed by atoms with Crippen LogP contribution in [0, 0.1) is 18.8 Å². The van der Waals surface area contributed by atoms with Gasteiger partial charge in [0.05, 0.1) is 0 Å². The molecule has 1 aromatic rings. The lowest BCUT2D eigenvalue weighted by Crippen LogP contribution is -2.26. The first-order valence-electron chi connectivity index (χ1n) is 7.54. The minimum atomic E-state index is 0.914. The summed E-state index contributed by atoms with van der Waals surface area (Å²) in [6.07, 6.45) is 7.14. The molecule has 0 amide bonds. The molecule has 0 aromatic heterocycles. The van der Waals surface area contributed by atoms with Gasteiger partial charge in [0.2, 0.25) is 0 Å². The Hall–Kier alpha value is -0.820. The first-order valence-corrected chi connectivity index (χ1v) is 7.54. The van der Waals surface area contributed by atoms with Crippen molar-refractivity contribution in [3.05, 3.63) is 35.4 Å². The second-order valence-electron chi connectivity index (χ2n) is 5.91. The van der Waals surface area contributed by atoms with Gasteiger partial charge in [-0.1, -0.05) is 56.0 Å². The van der Waals surface area contributed by atoms with Crippen molar-refractivity contribution in [2.75, 3.05) is 6.54 Å². The second-order valence-corrected chi connectivity index (χ2v) is 5.91. The maximum absolute atomic E-state index is 3.63. The molecular formula is C17H27N. The lowest BCUT2D eigenvalue weighted by atomic mass is 9.81. The summed E-state index contributed by atoms with van der Waals surface area (Å²) in [7, 11) is 0. The van der Waals surface area contributed by atoms with E-state index in [4.69, 9.17) is 0 Å². The smallest absolute Gasteiger partial charge is 0.0205 e. The van der Waals surface area contributed by atoms with Crippen molar-refractivity contribution in [2.24, 2.45) is 11.8 Å². The van der Waals surface area contributed by atoms with Crippen molar-refractivity contribution in [1.29, 1.82) is 0 Å². The van der Waals surface area contributed by atoms with Gasteiger partial charge in [-0.3, -0.25) is 0 Å². The van der Waals surface area contributed by atoms with E-state index in [0.717, 1.165) is 18.4 Å². The van der Waals surface area contributed by atoms with Gasteiger partial charge < -0.3 is 5.32 Å². The predicted molar refractivity (Wildman–Crippen MR) is 78.6 cm³/mol. The van der Waals surface area contributed by atoms with Crippen LogP contribution < -0.4 is 5.32 Å². The fourth-order valence-corrected chi connectivity index (χ4v) is 3.09. The van der Waals surface area contributed by atoms with Crippen molar-refractivity contribution in [1.82, 2.24) is 5.32 Å². The predicted octanol–water partition coefficient (Wildman–Crippen LogP) is 4.30. The van der Waals surface area contributed by atoms with Gasteiger partial charge in [0, 0.05) is 6.54 Å². The molecule has 18 heavy (non-hydrogen) atoms. The standard InChI is InChI=1S/C17H27N/c1-3-15-7-9-16(10-8-15)12-18-13-17-6-4-5-14(2)11-17/h4-6,11,15-16,18H,3,7-10,12-13H2,1-2H3. The quantitative estimate of drug-likeness (QED) is 0.815. The molecule has 1 saturated carbocycles. The molecular weight excluding hydrogens is 218 g/mol. The zero-order valence-electron chi connectivity index (χ0n) is 11.9. The Morgan fingerprint density at radius 1 is 1.11 bits per heavy atom. The largest absolute Gasteiger partial charge is 0.312 e.